The van der Waals surface area contributed by atoms with E-state index in [9.17, 15) is 5.11 Å². The number of piperidine rings is 1. The molecule has 3 heterocycles. The number of benzene rings is 1. The first-order valence-corrected chi connectivity index (χ1v) is 13.0. The van der Waals surface area contributed by atoms with Gasteiger partial charge >= 0.3 is 0 Å². The molecule has 1 aliphatic carbocycles. The first-order valence-electron chi connectivity index (χ1n) is 13.0. The first kappa shape index (κ1) is 21.7. The van der Waals surface area contributed by atoms with Crippen molar-refractivity contribution in [2.45, 2.75) is 64.0 Å². The van der Waals surface area contributed by atoms with E-state index in [0.717, 1.165) is 36.3 Å². The van der Waals surface area contributed by atoms with E-state index >= 15 is 0 Å². The normalized spacial score (nSPS) is 34.0. The Balaban J connectivity index is 1.30. The van der Waals surface area contributed by atoms with Crippen molar-refractivity contribution < 1.29 is 5.11 Å². The second-order valence-electron chi connectivity index (χ2n) is 11.2. The van der Waals surface area contributed by atoms with Crippen LogP contribution in [0.25, 0.3) is 0 Å². The molecule has 1 N–H and O–H groups in total. The molecule has 31 heavy (non-hydrogen) atoms. The van der Waals surface area contributed by atoms with Crippen molar-refractivity contribution in [3.63, 3.8) is 0 Å². The largest absolute Gasteiger partial charge is 0.395 e. The van der Waals surface area contributed by atoms with E-state index < -0.39 is 0 Å². The molecule has 5 rings (SSSR count). The number of anilines is 1. The molecule has 2 atom stereocenters. The molecule has 1 saturated carbocycles. The molecular weight excluding hydrogens is 382 g/mol. The minimum atomic E-state index is 0.293. The number of para-hydroxylation sites is 1. The molecule has 1 aromatic rings. The van der Waals surface area contributed by atoms with Gasteiger partial charge in [-0.3, -0.25) is 0 Å². The fourth-order valence-corrected chi connectivity index (χ4v) is 7.72. The smallest absolute Gasteiger partial charge is 0.0558 e. The van der Waals surface area contributed by atoms with E-state index in [-0.39, 0.29) is 0 Å². The molecule has 4 heteroatoms. The molecule has 1 spiro atoms. The Labute approximate surface area is 189 Å². The molecule has 4 fully saturated rings. The molecule has 0 bridgehead atoms. The quantitative estimate of drug-likeness (QED) is 0.769. The third-order valence-electron chi connectivity index (χ3n) is 9.51. The Morgan fingerprint density at radius 3 is 2.32 bits per heavy atom. The molecule has 0 radical (unpaired) electrons. The summed E-state index contributed by atoms with van der Waals surface area (Å²) >= 11 is 0. The highest BCUT2D eigenvalue weighted by molar-refractivity contribution is 5.52. The van der Waals surface area contributed by atoms with Crippen LogP contribution in [0.15, 0.2) is 30.3 Å². The van der Waals surface area contributed by atoms with Crippen LogP contribution in [0.4, 0.5) is 5.69 Å². The number of aliphatic hydroxyl groups excluding tert-OH is 1. The Bertz CT molecular complexity index is 706. The van der Waals surface area contributed by atoms with Crippen molar-refractivity contribution in [3.8, 4) is 0 Å². The van der Waals surface area contributed by atoms with Crippen LogP contribution in [0.3, 0.4) is 0 Å². The van der Waals surface area contributed by atoms with Crippen molar-refractivity contribution in [2.24, 2.45) is 23.7 Å². The maximum absolute atomic E-state index is 9.49. The van der Waals surface area contributed by atoms with Crippen molar-refractivity contribution in [3.05, 3.63) is 30.3 Å². The number of aliphatic hydroxyl groups is 1. The molecule has 0 aromatic heterocycles. The highest BCUT2D eigenvalue weighted by atomic mass is 16.3. The monoisotopic (exact) mass is 425 g/mol. The van der Waals surface area contributed by atoms with Gasteiger partial charge in [0.1, 0.15) is 0 Å². The minimum Gasteiger partial charge on any atom is -0.395 e. The van der Waals surface area contributed by atoms with Crippen LogP contribution in [0.2, 0.25) is 0 Å². The maximum atomic E-state index is 9.49. The van der Waals surface area contributed by atoms with Crippen molar-refractivity contribution in [1.29, 1.82) is 0 Å². The zero-order valence-corrected chi connectivity index (χ0v) is 19.8. The van der Waals surface area contributed by atoms with Gasteiger partial charge < -0.3 is 19.8 Å². The molecule has 0 unspecified atom stereocenters. The fourth-order valence-electron chi connectivity index (χ4n) is 7.72. The molecule has 1 aromatic carbocycles. The summed E-state index contributed by atoms with van der Waals surface area (Å²) in [5.74, 6) is 3.30. The molecule has 172 valence electrons. The second kappa shape index (κ2) is 9.03. The lowest BCUT2D eigenvalue weighted by Gasteiger charge is -2.51. The van der Waals surface area contributed by atoms with Crippen molar-refractivity contribution >= 4 is 5.69 Å². The zero-order chi connectivity index (χ0) is 21.4. The first-order chi connectivity index (χ1) is 15.1. The summed E-state index contributed by atoms with van der Waals surface area (Å²) in [6.45, 7) is 12.0. The van der Waals surface area contributed by atoms with Gasteiger partial charge in [0.15, 0.2) is 0 Å². The van der Waals surface area contributed by atoms with Crippen LogP contribution in [-0.2, 0) is 0 Å². The third-order valence-corrected chi connectivity index (χ3v) is 9.51. The Kier molecular flexibility index (Phi) is 6.33. The summed E-state index contributed by atoms with van der Waals surface area (Å²) in [6.07, 6.45) is 8.30. The fraction of sp³-hybridized carbons (Fsp3) is 0.778. The van der Waals surface area contributed by atoms with Gasteiger partial charge in [0.2, 0.25) is 0 Å². The van der Waals surface area contributed by atoms with Crippen molar-refractivity contribution in [1.82, 2.24) is 9.80 Å². The Morgan fingerprint density at radius 1 is 0.968 bits per heavy atom. The molecule has 4 nitrogen and oxygen atoms in total. The van der Waals surface area contributed by atoms with E-state index in [0.29, 0.717) is 12.1 Å². The van der Waals surface area contributed by atoms with Crippen LogP contribution in [-0.4, -0.2) is 72.4 Å². The lowest BCUT2D eigenvalue weighted by Crippen LogP contribution is -2.58. The predicted octanol–water partition coefficient (Wildman–Crippen LogP) is 4.10. The zero-order valence-electron chi connectivity index (χ0n) is 19.8. The van der Waals surface area contributed by atoms with E-state index in [4.69, 9.17) is 0 Å². The predicted molar refractivity (Wildman–Crippen MR) is 128 cm³/mol. The van der Waals surface area contributed by atoms with Gasteiger partial charge in [0.25, 0.3) is 0 Å². The Hall–Kier alpha value is -1.10. The standard InChI is InChI=1S/C27H43N3O/c1-21(2)22-8-10-24(11-9-22)29-14-12-27(13-15-29)26-20-28(16-17-31)18-23(26)19-30(27)25-6-4-3-5-7-25/h3-7,21-24,26,31H,8-20H2,1-2H3/t22?,23-,24?,26-/m1/s1. The van der Waals surface area contributed by atoms with Gasteiger partial charge in [0.05, 0.1) is 6.61 Å². The van der Waals surface area contributed by atoms with Gasteiger partial charge in [-0.2, -0.15) is 0 Å². The second-order valence-corrected chi connectivity index (χ2v) is 11.2. The summed E-state index contributed by atoms with van der Waals surface area (Å²) in [7, 11) is 0. The average molecular weight is 426 g/mol. The topological polar surface area (TPSA) is 30.0 Å². The van der Waals surface area contributed by atoms with E-state index in [1.165, 1.54) is 76.9 Å². The van der Waals surface area contributed by atoms with Gasteiger partial charge in [-0.05, 0) is 68.4 Å². The van der Waals surface area contributed by atoms with E-state index in [1.807, 2.05) is 0 Å². The van der Waals surface area contributed by atoms with Gasteiger partial charge in [-0.1, -0.05) is 32.0 Å². The summed E-state index contributed by atoms with van der Waals surface area (Å²) in [5, 5.41) is 9.49. The summed E-state index contributed by atoms with van der Waals surface area (Å²) < 4.78 is 0. The van der Waals surface area contributed by atoms with Gasteiger partial charge in [-0.25, -0.2) is 0 Å². The highest BCUT2D eigenvalue weighted by Crippen LogP contribution is 2.51. The number of fused-ring (bicyclic) bond motifs is 2. The number of hydrogen-bond donors (Lipinski definition) is 1. The lowest BCUT2D eigenvalue weighted by atomic mass is 9.73. The van der Waals surface area contributed by atoms with Gasteiger partial charge in [-0.15, -0.1) is 0 Å². The number of rotatable bonds is 5. The van der Waals surface area contributed by atoms with Crippen LogP contribution in [0.1, 0.15) is 52.4 Å². The number of nitrogens with zero attached hydrogens (tertiary/aromatic N) is 3. The summed E-state index contributed by atoms with van der Waals surface area (Å²) in [6, 6.07) is 12.0. The van der Waals surface area contributed by atoms with Gasteiger partial charge in [0, 0.05) is 62.5 Å². The molecule has 4 aliphatic rings. The van der Waals surface area contributed by atoms with Crippen LogP contribution in [0.5, 0.6) is 0 Å². The maximum Gasteiger partial charge on any atom is 0.0558 e. The molecule has 0 amide bonds. The van der Waals surface area contributed by atoms with E-state index in [2.05, 4.69) is 58.9 Å². The lowest BCUT2D eigenvalue weighted by molar-refractivity contribution is 0.0631. The SMILES string of the molecule is CC(C)C1CCC(N2CCC3(CC2)[C@@H]2CN(CCO)C[C@@H]2CN3c2ccccc2)CC1. The highest BCUT2D eigenvalue weighted by Gasteiger charge is 2.57. The molecular formula is C27H43N3O. The summed E-state index contributed by atoms with van der Waals surface area (Å²) in [4.78, 5) is 8.20. The number of β-amino-alcohol motifs (C(OH)–C–C–N with tert-alkyl or cyclic N) is 1. The van der Waals surface area contributed by atoms with E-state index in [1.54, 1.807) is 0 Å². The van der Waals surface area contributed by atoms with Crippen LogP contribution < -0.4 is 4.90 Å². The molecule has 3 aliphatic heterocycles. The third kappa shape index (κ3) is 4.05. The average Bonchev–Trinajstić information content (AvgIpc) is 3.33. The molecule has 3 saturated heterocycles. The Morgan fingerprint density at radius 2 is 1.68 bits per heavy atom. The van der Waals surface area contributed by atoms with Crippen LogP contribution in [0, 0.1) is 23.7 Å². The number of hydrogen-bond acceptors (Lipinski definition) is 4. The summed E-state index contributed by atoms with van der Waals surface area (Å²) in [5.41, 5.74) is 1.73. The van der Waals surface area contributed by atoms with Crippen LogP contribution >= 0.6 is 0 Å². The minimum absolute atomic E-state index is 0.293. The van der Waals surface area contributed by atoms with Crippen molar-refractivity contribution in [2.75, 3.05) is 50.8 Å². The number of likely N-dealkylation sites (tertiary alicyclic amines) is 2.